The Bertz CT molecular complexity index is 884. The van der Waals surface area contributed by atoms with Crippen molar-refractivity contribution < 1.29 is 14.2 Å². The van der Waals surface area contributed by atoms with Crippen LogP contribution in [-0.4, -0.2) is 20.3 Å². The second kappa shape index (κ2) is 8.59. The quantitative estimate of drug-likeness (QED) is 0.583. The van der Waals surface area contributed by atoms with Gasteiger partial charge in [-0.15, -0.1) is 0 Å². The molecule has 0 N–H and O–H groups in total. The van der Waals surface area contributed by atoms with Gasteiger partial charge in [0.25, 0.3) is 0 Å². The maximum absolute atomic E-state index is 8.98. The smallest absolute Gasteiger partial charge is 0.162 e. The Morgan fingerprint density at radius 2 is 1.46 bits per heavy atom. The van der Waals surface area contributed by atoms with Gasteiger partial charge in [-0.05, 0) is 35.4 Å². The van der Waals surface area contributed by atoms with Gasteiger partial charge < -0.3 is 14.2 Å². The minimum absolute atomic E-state index is 0.353. The Morgan fingerprint density at radius 3 is 2.15 bits per heavy atom. The van der Waals surface area contributed by atoms with E-state index < -0.39 is 0 Å². The zero-order valence-electron chi connectivity index (χ0n) is 14.5. The zero-order valence-corrected chi connectivity index (χ0v) is 14.5. The SMILES string of the molecule is COc1ccc(C#N)cc1OCCOc1ccc(-c2ccccc2)cc1. The Hall–Kier alpha value is -3.45. The number of ether oxygens (including phenoxy) is 3. The maximum atomic E-state index is 8.98. The number of rotatable bonds is 7. The van der Waals surface area contributed by atoms with Gasteiger partial charge in [0, 0.05) is 6.07 Å². The molecule has 0 aromatic heterocycles. The number of benzene rings is 3. The van der Waals surface area contributed by atoms with Crippen molar-refractivity contribution in [3.05, 3.63) is 78.4 Å². The van der Waals surface area contributed by atoms with Crippen molar-refractivity contribution in [3.8, 4) is 34.4 Å². The van der Waals surface area contributed by atoms with Gasteiger partial charge in [-0.1, -0.05) is 42.5 Å². The van der Waals surface area contributed by atoms with E-state index >= 15 is 0 Å². The lowest BCUT2D eigenvalue weighted by molar-refractivity contribution is 0.211. The fraction of sp³-hybridized carbons (Fsp3) is 0.136. The first-order valence-electron chi connectivity index (χ1n) is 8.29. The number of hydrogen-bond acceptors (Lipinski definition) is 4. The van der Waals surface area contributed by atoms with E-state index in [9.17, 15) is 0 Å². The van der Waals surface area contributed by atoms with Crippen molar-refractivity contribution in [2.24, 2.45) is 0 Å². The van der Waals surface area contributed by atoms with E-state index in [4.69, 9.17) is 19.5 Å². The van der Waals surface area contributed by atoms with E-state index in [0.717, 1.165) is 11.3 Å². The fourth-order valence-corrected chi connectivity index (χ4v) is 2.54. The topological polar surface area (TPSA) is 51.5 Å². The van der Waals surface area contributed by atoms with Crippen molar-refractivity contribution in [1.82, 2.24) is 0 Å². The lowest BCUT2D eigenvalue weighted by Gasteiger charge is -2.12. The van der Waals surface area contributed by atoms with E-state index in [1.54, 1.807) is 25.3 Å². The van der Waals surface area contributed by atoms with Crippen LogP contribution in [0.25, 0.3) is 11.1 Å². The van der Waals surface area contributed by atoms with Crippen LogP contribution in [0, 0.1) is 11.3 Å². The van der Waals surface area contributed by atoms with Crippen LogP contribution < -0.4 is 14.2 Å². The molecule has 0 unspecified atom stereocenters. The van der Waals surface area contributed by atoms with Gasteiger partial charge in [-0.2, -0.15) is 5.26 Å². The van der Waals surface area contributed by atoms with Gasteiger partial charge in [0.1, 0.15) is 19.0 Å². The van der Waals surface area contributed by atoms with Crippen molar-refractivity contribution in [3.63, 3.8) is 0 Å². The number of methoxy groups -OCH3 is 1. The van der Waals surface area contributed by atoms with E-state index in [1.807, 2.05) is 42.5 Å². The number of nitrogens with zero attached hydrogens (tertiary/aromatic N) is 1. The first-order chi connectivity index (χ1) is 12.8. The highest BCUT2D eigenvalue weighted by atomic mass is 16.5. The summed E-state index contributed by atoms with van der Waals surface area (Å²) in [6, 6.07) is 25.3. The highest BCUT2D eigenvalue weighted by Crippen LogP contribution is 2.28. The summed E-state index contributed by atoms with van der Waals surface area (Å²) >= 11 is 0. The summed E-state index contributed by atoms with van der Waals surface area (Å²) in [6.07, 6.45) is 0. The summed E-state index contributed by atoms with van der Waals surface area (Å²) in [5.74, 6) is 1.91. The van der Waals surface area contributed by atoms with Crippen LogP contribution in [-0.2, 0) is 0 Å². The molecule has 0 aliphatic rings. The minimum atomic E-state index is 0.353. The second-order valence-corrected chi connectivity index (χ2v) is 5.56. The molecule has 0 radical (unpaired) electrons. The highest BCUT2D eigenvalue weighted by molar-refractivity contribution is 5.63. The van der Waals surface area contributed by atoms with E-state index in [2.05, 4.69) is 18.2 Å². The molecule has 0 aliphatic heterocycles. The maximum Gasteiger partial charge on any atom is 0.162 e. The molecule has 4 nitrogen and oxygen atoms in total. The molecular formula is C22H19NO3. The Morgan fingerprint density at radius 1 is 0.769 bits per heavy atom. The molecule has 4 heteroatoms. The average molecular weight is 345 g/mol. The molecular weight excluding hydrogens is 326 g/mol. The van der Waals surface area contributed by atoms with E-state index in [-0.39, 0.29) is 0 Å². The van der Waals surface area contributed by atoms with Crippen LogP contribution in [0.15, 0.2) is 72.8 Å². The van der Waals surface area contributed by atoms with Gasteiger partial charge >= 0.3 is 0 Å². The van der Waals surface area contributed by atoms with E-state index in [1.165, 1.54) is 5.56 Å². The summed E-state index contributed by atoms with van der Waals surface area (Å²) in [5, 5.41) is 8.98. The first kappa shape index (κ1) is 17.4. The van der Waals surface area contributed by atoms with Crippen LogP contribution in [0.2, 0.25) is 0 Å². The molecule has 0 aliphatic carbocycles. The van der Waals surface area contributed by atoms with Crippen LogP contribution in [0.5, 0.6) is 17.2 Å². The summed E-state index contributed by atoms with van der Waals surface area (Å²) in [4.78, 5) is 0. The van der Waals surface area contributed by atoms with Crippen molar-refractivity contribution in [2.75, 3.05) is 20.3 Å². The third-order valence-corrected chi connectivity index (χ3v) is 3.86. The number of nitriles is 1. The summed E-state index contributed by atoms with van der Waals surface area (Å²) in [6.45, 7) is 0.746. The van der Waals surface area contributed by atoms with Gasteiger partial charge in [-0.25, -0.2) is 0 Å². The molecule has 0 heterocycles. The molecule has 130 valence electrons. The molecule has 0 bridgehead atoms. The second-order valence-electron chi connectivity index (χ2n) is 5.56. The molecule has 0 saturated carbocycles. The van der Waals surface area contributed by atoms with Gasteiger partial charge in [0.05, 0.1) is 18.7 Å². The predicted molar refractivity (Wildman–Crippen MR) is 101 cm³/mol. The molecule has 3 aromatic rings. The third kappa shape index (κ3) is 4.34. The lowest BCUT2D eigenvalue weighted by Crippen LogP contribution is -2.09. The average Bonchev–Trinajstić information content (AvgIpc) is 2.72. The predicted octanol–water partition coefficient (Wildman–Crippen LogP) is 4.69. The van der Waals surface area contributed by atoms with Crippen LogP contribution >= 0.6 is 0 Å². The van der Waals surface area contributed by atoms with Gasteiger partial charge in [0.15, 0.2) is 11.5 Å². The van der Waals surface area contributed by atoms with Crippen LogP contribution in [0.1, 0.15) is 5.56 Å². The summed E-state index contributed by atoms with van der Waals surface area (Å²) in [7, 11) is 1.57. The molecule has 0 spiro atoms. The van der Waals surface area contributed by atoms with Crippen molar-refractivity contribution in [1.29, 1.82) is 5.26 Å². The van der Waals surface area contributed by atoms with Crippen LogP contribution in [0.4, 0.5) is 0 Å². The van der Waals surface area contributed by atoms with Crippen molar-refractivity contribution in [2.45, 2.75) is 0 Å². The largest absolute Gasteiger partial charge is 0.493 e. The standard InChI is InChI=1S/C22H19NO3/c1-24-21-12-7-17(16-23)15-22(21)26-14-13-25-20-10-8-19(9-11-20)18-5-3-2-4-6-18/h2-12,15H,13-14H2,1H3. The van der Waals surface area contributed by atoms with E-state index in [0.29, 0.717) is 30.3 Å². The summed E-state index contributed by atoms with van der Waals surface area (Å²) in [5.41, 5.74) is 2.84. The van der Waals surface area contributed by atoms with Crippen molar-refractivity contribution >= 4 is 0 Å². The Balaban J connectivity index is 1.53. The van der Waals surface area contributed by atoms with Crippen LogP contribution in [0.3, 0.4) is 0 Å². The molecule has 3 aromatic carbocycles. The Labute approximate surface area is 153 Å². The zero-order chi connectivity index (χ0) is 18.2. The first-order valence-corrected chi connectivity index (χ1v) is 8.29. The third-order valence-electron chi connectivity index (χ3n) is 3.86. The van der Waals surface area contributed by atoms with Gasteiger partial charge in [-0.3, -0.25) is 0 Å². The fourth-order valence-electron chi connectivity index (χ4n) is 2.54. The normalized spacial score (nSPS) is 10.0. The summed E-state index contributed by atoms with van der Waals surface area (Å²) < 4.78 is 16.6. The Kier molecular flexibility index (Phi) is 5.74. The monoisotopic (exact) mass is 345 g/mol. The number of hydrogen-bond donors (Lipinski definition) is 0. The lowest BCUT2D eigenvalue weighted by atomic mass is 10.1. The molecule has 0 saturated heterocycles. The molecule has 0 atom stereocenters. The minimum Gasteiger partial charge on any atom is -0.493 e. The molecule has 0 amide bonds. The van der Waals surface area contributed by atoms with Gasteiger partial charge in [0.2, 0.25) is 0 Å². The highest BCUT2D eigenvalue weighted by Gasteiger charge is 2.06. The molecule has 3 rings (SSSR count). The molecule has 26 heavy (non-hydrogen) atoms. The molecule has 0 fully saturated rings.